The van der Waals surface area contributed by atoms with Crippen LogP contribution in [-0.2, 0) is 4.79 Å². The van der Waals surface area contributed by atoms with Crippen LogP contribution < -0.4 is 10.1 Å². The normalized spacial score (nSPS) is 10.2. The van der Waals surface area contributed by atoms with Crippen molar-refractivity contribution in [3.63, 3.8) is 0 Å². The molecule has 0 bridgehead atoms. The van der Waals surface area contributed by atoms with E-state index in [1.807, 2.05) is 13.8 Å². The Morgan fingerprint density at radius 1 is 1.26 bits per heavy atom. The molecule has 1 N–H and O–H groups in total. The van der Waals surface area contributed by atoms with Crippen LogP contribution in [0.5, 0.6) is 5.75 Å². The number of hydrogen-bond acceptors (Lipinski definition) is 3. The summed E-state index contributed by atoms with van der Waals surface area (Å²) in [6.07, 6.45) is 0. The largest absolute Gasteiger partial charge is 0.497 e. The van der Waals surface area contributed by atoms with Crippen molar-refractivity contribution in [2.45, 2.75) is 19.9 Å². The Morgan fingerprint density at radius 2 is 1.84 bits per heavy atom. The monoisotopic (exact) mass is 264 g/mol. The zero-order chi connectivity index (χ0) is 14.4. The Morgan fingerprint density at radius 3 is 2.32 bits per heavy atom. The fourth-order valence-electron chi connectivity index (χ4n) is 1.61. The predicted octanol–water partition coefficient (Wildman–Crippen LogP) is 1.29. The number of methoxy groups -OCH3 is 1. The second-order valence-corrected chi connectivity index (χ2v) is 4.61. The maximum absolute atomic E-state index is 12.1. The molecule has 0 saturated heterocycles. The van der Waals surface area contributed by atoms with Crippen LogP contribution in [0.15, 0.2) is 24.3 Å². The molecule has 19 heavy (non-hydrogen) atoms. The molecule has 0 saturated carbocycles. The Kier molecular flexibility index (Phi) is 5.36. The molecule has 0 radical (unpaired) electrons. The molecule has 0 unspecified atom stereocenters. The van der Waals surface area contributed by atoms with E-state index in [9.17, 15) is 9.59 Å². The van der Waals surface area contributed by atoms with Crippen molar-refractivity contribution < 1.29 is 14.3 Å². The minimum atomic E-state index is -0.193. The summed E-state index contributed by atoms with van der Waals surface area (Å²) in [7, 11) is 3.17. The molecule has 0 heterocycles. The van der Waals surface area contributed by atoms with E-state index in [-0.39, 0.29) is 24.4 Å². The van der Waals surface area contributed by atoms with Crippen molar-refractivity contribution in [3.8, 4) is 5.75 Å². The van der Waals surface area contributed by atoms with Crippen LogP contribution in [0.3, 0.4) is 0 Å². The van der Waals surface area contributed by atoms with E-state index in [4.69, 9.17) is 4.74 Å². The summed E-state index contributed by atoms with van der Waals surface area (Å²) in [5, 5.41) is 2.75. The molecule has 1 aromatic rings. The van der Waals surface area contributed by atoms with Crippen LogP contribution in [0.1, 0.15) is 24.2 Å². The van der Waals surface area contributed by atoms with Gasteiger partial charge in [0.1, 0.15) is 5.75 Å². The topological polar surface area (TPSA) is 58.6 Å². The van der Waals surface area contributed by atoms with Crippen molar-refractivity contribution in [1.29, 1.82) is 0 Å². The van der Waals surface area contributed by atoms with Gasteiger partial charge in [0.15, 0.2) is 0 Å². The van der Waals surface area contributed by atoms with Crippen LogP contribution >= 0.6 is 0 Å². The van der Waals surface area contributed by atoms with Crippen molar-refractivity contribution in [2.24, 2.45) is 0 Å². The number of benzene rings is 1. The molecule has 5 nitrogen and oxygen atoms in total. The van der Waals surface area contributed by atoms with Crippen LogP contribution in [0, 0.1) is 0 Å². The van der Waals surface area contributed by atoms with Crippen LogP contribution in [0.4, 0.5) is 0 Å². The maximum Gasteiger partial charge on any atom is 0.254 e. The molecule has 0 aliphatic carbocycles. The van der Waals surface area contributed by atoms with E-state index in [1.165, 1.54) is 4.90 Å². The van der Waals surface area contributed by atoms with Gasteiger partial charge < -0.3 is 15.0 Å². The first-order chi connectivity index (χ1) is 8.93. The smallest absolute Gasteiger partial charge is 0.254 e. The summed E-state index contributed by atoms with van der Waals surface area (Å²) >= 11 is 0. The Bertz CT molecular complexity index is 441. The molecule has 0 aliphatic heterocycles. The first-order valence-corrected chi connectivity index (χ1v) is 6.13. The molecular weight excluding hydrogens is 244 g/mol. The van der Waals surface area contributed by atoms with Gasteiger partial charge in [-0.15, -0.1) is 0 Å². The second-order valence-electron chi connectivity index (χ2n) is 4.61. The molecule has 0 fully saturated rings. The number of hydrogen-bond donors (Lipinski definition) is 1. The minimum Gasteiger partial charge on any atom is -0.497 e. The summed E-state index contributed by atoms with van der Waals surface area (Å²) in [4.78, 5) is 25.0. The minimum absolute atomic E-state index is 0.0447. The predicted molar refractivity (Wildman–Crippen MR) is 73.2 cm³/mol. The zero-order valence-electron chi connectivity index (χ0n) is 11.8. The molecular formula is C14H20N2O3. The lowest BCUT2D eigenvalue weighted by molar-refractivity contribution is -0.122. The Hall–Kier alpha value is -2.04. The fraction of sp³-hybridized carbons (Fsp3) is 0.429. The average Bonchev–Trinajstić information content (AvgIpc) is 2.36. The van der Waals surface area contributed by atoms with Gasteiger partial charge in [-0.2, -0.15) is 0 Å². The lowest BCUT2D eigenvalue weighted by Gasteiger charge is -2.18. The third kappa shape index (κ3) is 4.62. The number of likely N-dealkylation sites (N-methyl/N-ethyl adjacent to an activating group) is 1. The first-order valence-electron chi connectivity index (χ1n) is 6.13. The summed E-state index contributed by atoms with van der Waals surface area (Å²) < 4.78 is 5.03. The van der Waals surface area contributed by atoms with Crippen molar-refractivity contribution in [2.75, 3.05) is 20.7 Å². The van der Waals surface area contributed by atoms with Gasteiger partial charge >= 0.3 is 0 Å². The summed E-state index contributed by atoms with van der Waals surface area (Å²) in [6.45, 7) is 3.80. The third-order valence-electron chi connectivity index (χ3n) is 2.51. The average molecular weight is 264 g/mol. The molecule has 104 valence electrons. The van der Waals surface area contributed by atoms with Gasteiger partial charge in [-0.05, 0) is 38.1 Å². The molecule has 0 atom stereocenters. The van der Waals surface area contributed by atoms with Crippen LogP contribution in [0.25, 0.3) is 0 Å². The van der Waals surface area contributed by atoms with Gasteiger partial charge in [0.25, 0.3) is 5.91 Å². The number of carbonyl (C=O) groups excluding carboxylic acids is 2. The van der Waals surface area contributed by atoms with Crippen molar-refractivity contribution in [1.82, 2.24) is 10.2 Å². The molecule has 0 spiro atoms. The Balaban J connectivity index is 2.63. The quantitative estimate of drug-likeness (QED) is 0.872. The zero-order valence-corrected chi connectivity index (χ0v) is 11.8. The maximum atomic E-state index is 12.1. The third-order valence-corrected chi connectivity index (χ3v) is 2.51. The summed E-state index contributed by atoms with van der Waals surface area (Å²) in [5.74, 6) is 0.331. The second kappa shape index (κ2) is 6.78. The van der Waals surface area contributed by atoms with E-state index < -0.39 is 0 Å². The molecule has 1 aromatic carbocycles. The number of rotatable bonds is 5. The number of nitrogens with one attached hydrogen (secondary N) is 1. The van der Waals surface area contributed by atoms with Gasteiger partial charge in [-0.25, -0.2) is 0 Å². The number of nitrogens with zero attached hydrogens (tertiary/aromatic N) is 1. The van der Waals surface area contributed by atoms with E-state index in [0.29, 0.717) is 11.3 Å². The van der Waals surface area contributed by atoms with Crippen molar-refractivity contribution in [3.05, 3.63) is 29.8 Å². The molecule has 2 amide bonds. The first kappa shape index (κ1) is 15.0. The van der Waals surface area contributed by atoms with Gasteiger partial charge in [0.2, 0.25) is 5.91 Å². The Labute approximate surface area is 113 Å². The van der Waals surface area contributed by atoms with E-state index in [1.54, 1.807) is 38.4 Å². The highest BCUT2D eigenvalue weighted by atomic mass is 16.5. The van der Waals surface area contributed by atoms with Gasteiger partial charge in [0, 0.05) is 18.7 Å². The molecule has 5 heteroatoms. The van der Waals surface area contributed by atoms with Gasteiger partial charge in [-0.1, -0.05) is 0 Å². The van der Waals surface area contributed by atoms with Gasteiger partial charge in [0.05, 0.1) is 13.7 Å². The standard InChI is InChI=1S/C14H20N2O3/c1-10(2)15-13(17)9-16(3)14(18)11-5-7-12(19-4)8-6-11/h5-8,10H,9H2,1-4H3,(H,15,17). The lowest BCUT2D eigenvalue weighted by atomic mass is 10.2. The van der Waals surface area contributed by atoms with Crippen LogP contribution in [0.2, 0.25) is 0 Å². The number of amides is 2. The SMILES string of the molecule is COc1ccc(C(=O)N(C)CC(=O)NC(C)C)cc1. The van der Waals surface area contributed by atoms with Gasteiger partial charge in [-0.3, -0.25) is 9.59 Å². The van der Waals surface area contributed by atoms with Crippen LogP contribution in [-0.4, -0.2) is 43.5 Å². The molecule has 0 aliphatic rings. The highest BCUT2D eigenvalue weighted by Crippen LogP contribution is 2.12. The molecule has 0 aromatic heterocycles. The fourth-order valence-corrected chi connectivity index (χ4v) is 1.61. The van der Waals surface area contributed by atoms with E-state index in [2.05, 4.69) is 5.32 Å². The number of ether oxygens (including phenoxy) is 1. The highest BCUT2D eigenvalue weighted by Gasteiger charge is 2.15. The molecule has 1 rings (SSSR count). The van der Waals surface area contributed by atoms with E-state index in [0.717, 1.165) is 0 Å². The summed E-state index contributed by atoms with van der Waals surface area (Å²) in [5.41, 5.74) is 0.528. The summed E-state index contributed by atoms with van der Waals surface area (Å²) in [6, 6.07) is 6.86. The van der Waals surface area contributed by atoms with Crippen molar-refractivity contribution >= 4 is 11.8 Å². The lowest BCUT2D eigenvalue weighted by Crippen LogP contribution is -2.40. The highest BCUT2D eigenvalue weighted by molar-refractivity contribution is 5.96. The number of carbonyl (C=O) groups is 2. The van der Waals surface area contributed by atoms with E-state index >= 15 is 0 Å².